The monoisotopic (exact) mass is 530 g/mol. The lowest BCUT2D eigenvalue weighted by atomic mass is 9.81. The molecular weight excluding hydrogens is 490 g/mol. The van der Waals surface area contributed by atoms with Crippen molar-refractivity contribution >= 4 is 17.8 Å². The van der Waals surface area contributed by atoms with Crippen molar-refractivity contribution in [1.82, 2.24) is 20.4 Å². The molecule has 2 unspecified atom stereocenters. The predicted octanol–water partition coefficient (Wildman–Crippen LogP) is 4.63. The molecule has 38 heavy (non-hydrogen) atoms. The molecule has 2 bridgehead atoms. The number of hydrogen-bond donors (Lipinski definition) is 2. The van der Waals surface area contributed by atoms with Gasteiger partial charge in [-0.3, -0.25) is 19.8 Å². The van der Waals surface area contributed by atoms with E-state index in [4.69, 9.17) is 0 Å². The van der Waals surface area contributed by atoms with Crippen molar-refractivity contribution in [2.24, 2.45) is 11.8 Å². The first kappa shape index (κ1) is 27.0. The van der Waals surface area contributed by atoms with E-state index in [9.17, 15) is 23.2 Å². The lowest BCUT2D eigenvalue weighted by Crippen LogP contribution is -2.61. The Bertz CT molecular complexity index is 1030. The molecule has 0 radical (unpaired) electrons. The van der Waals surface area contributed by atoms with Gasteiger partial charge < -0.3 is 10.2 Å². The Morgan fingerprint density at radius 3 is 2.29 bits per heavy atom. The van der Waals surface area contributed by atoms with E-state index in [2.05, 4.69) is 29.4 Å². The summed E-state index contributed by atoms with van der Waals surface area (Å²) in [6.07, 6.45) is 3.90. The zero-order valence-corrected chi connectivity index (χ0v) is 22.4. The number of fused-ring (bicyclic) bond motifs is 2. The summed E-state index contributed by atoms with van der Waals surface area (Å²) >= 11 is 0. The van der Waals surface area contributed by atoms with Gasteiger partial charge in [-0.25, -0.2) is 13.6 Å². The second kappa shape index (κ2) is 10.5. The summed E-state index contributed by atoms with van der Waals surface area (Å²) in [6.45, 7) is 5.44. The Hall–Kier alpha value is -2.55. The summed E-state index contributed by atoms with van der Waals surface area (Å²) in [5, 5.41) is 5.76. The molecule has 3 aliphatic heterocycles. The van der Waals surface area contributed by atoms with Crippen LogP contribution in [0, 0.1) is 11.8 Å². The Morgan fingerprint density at radius 1 is 1.05 bits per heavy atom. The highest BCUT2D eigenvalue weighted by Gasteiger charge is 2.59. The van der Waals surface area contributed by atoms with Crippen molar-refractivity contribution in [3.8, 4) is 0 Å². The Balaban J connectivity index is 1.26. The third kappa shape index (κ3) is 5.31. The maximum atomic E-state index is 13.6. The number of imide groups is 1. The fraction of sp³-hybridized carbons (Fsp3) is 0.690. The van der Waals surface area contributed by atoms with Crippen molar-refractivity contribution < 1.29 is 23.2 Å². The number of carbonyl (C=O) groups excluding carboxylic acids is 3. The van der Waals surface area contributed by atoms with Crippen molar-refractivity contribution in [1.29, 1.82) is 0 Å². The summed E-state index contributed by atoms with van der Waals surface area (Å²) in [5.74, 6) is -3.07. The molecule has 5 rings (SSSR count). The summed E-state index contributed by atoms with van der Waals surface area (Å²) in [4.78, 5) is 43.0. The Labute approximate surface area is 223 Å². The van der Waals surface area contributed by atoms with Crippen LogP contribution in [0.4, 0.5) is 13.6 Å². The molecule has 3 heterocycles. The number of benzene rings is 1. The van der Waals surface area contributed by atoms with Crippen LogP contribution in [-0.4, -0.2) is 64.3 Å². The van der Waals surface area contributed by atoms with Crippen LogP contribution in [0.2, 0.25) is 0 Å². The number of amides is 4. The highest BCUT2D eigenvalue weighted by molar-refractivity contribution is 6.07. The quantitative estimate of drug-likeness (QED) is 0.480. The van der Waals surface area contributed by atoms with E-state index < -0.39 is 11.5 Å². The van der Waals surface area contributed by atoms with Crippen LogP contribution in [-0.2, 0) is 9.59 Å². The van der Waals surface area contributed by atoms with Gasteiger partial charge in [0.1, 0.15) is 5.54 Å². The second-order valence-corrected chi connectivity index (χ2v) is 12.2. The summed E-state index contributed by atoms with van der Waals surface area (Å²) in [7, 11) is 0. The van der Waals surface area contributed by atoms with Crippen molar-refractivity contribution in [3.05, 3.63) is 35.9 Å². The fourth-order valence-electron chi connectivity index (χ4n) is 7.19. The number of rotatable bonds is 8. The number of nitrogens with one attached hydrogen (secondary N) is 2. The maximum Gasteiger partial charge on any atom is 0.325 e. The van der Waals surface area contributed by atoms with Crippen LogP contribution in [0.1, 0.15) is 83.2 Å². The van der Waals surface area contributed by atoms with Crippen molar-refractivity contribution in [3.63, 3.8) is 0 Å². The molecule has 3 saturated heterocycles. The van der Waals surface area contributed by atoms with Gasteiger partial charge in [0.25, 0.3) is 5.91 Å². The van der Waals surface area contributed by atoms with E-state index in [1.165, 1.54) is 0 Å². The second-order valence-electron chi connectivity index (χ2n) is 12.2. The summed E-state index contributed by atoms with van der Waals surface area (Å²) in [6, 6.07) is 9.74. The zero-order chi connectivity index (χ0) is 27.1. The van der Waals surface area contributed by atoms with E-state index in [-0.39, 0.29) is 73.5 Å². The molecule has 1 aromatic carbocycles. The lowest BCUT2D eigenvalue weighted by molar-refractivity contribution is -0.132. The topological polar surface area (TPSA) is 81.8 Å². The summed E-state index contributed by atoms with van der Waals surface area (Å²) in [5.41, 5.74) is 0.242. The van der Waals surface area contributed by atoms with Crippen molar-refractivity contribution in [2.45, 2.75) is 101 Å². The van der Waals surface area contributed by atoms with Gasteiger partial charge >= 0.3 is 6.03 Å². The predicted molar refractivity (Wildman–Crippen MR) is 139 cm³/mol. The highest BCUT2D eigenvalue weighted by Crippen LogP contribution is 2.46. The molecule has 2 N–H and O–H groups in total. The van der Waals surface area contributed by atoms with Gasteiger partial charge in [-0.05, 0) is 56.4 Å². The third-order valence-electron chi connectivity index (χ3n) is 9.15. The van der Waals surface area contributed by atoms with Crippen molar-refractivity contribution in [2.75, 3.05) is 13.1 Å². The number of piperidine rings is 1. The van der Waals surface area contributed by atoms with Gasteiger partial charge in [0.15, 0.2) is 0 Å². The van der Waals surface area contributed by atoms with E-state index in [0.717, 1.165) is 24.9 Å². The average molecular weight is 531 g/mol. The molecule has 3 atom stereocenters. The molecule has 7 nitrogen and oxygen atoms in total. The number of hydrogen-bond acceptors (Lipinski definition) is 4. The number of halogens is 2. The Morgan fingerprint density at radius 2 is 1.68 bits per heavy atom. The minimum atomic E-state index is -2.66. The smallest absolute Gasteiger partial charge is 0.325 e. The van der Waals surface area contributed by atoms with E-state index in [1.807, 2.05) is 30.3 Å². The normalized spacial score (nSPS) is 30.2. The number of nitrogens with zero attached hydrogens (tertiary/aromatic N) is 2. The van der Waals surface area contributed by atoms with Crippen LogP contribution in [0.25, 0.3) is 0 Å². The van der Waals surface area contributed by atoms with Gasteiger partial charge in [-0.1, -0.05) is 44.2 Å². The van der Waals surface area contributed by atoms with Crippen LogP contribution in [0.3, 0.4) is 0 Å². The van der Waals surface area contributed by atoms with Gasteiger partial charge in [0, 0.05) is 43.9 Å². The summed E-state index contributed by atoms with van der Waals surface area (Å²) < 4.78 is 27.3. The highest BCUT2D eigenvalue weighted by atomic mass is 19.3. The van der Waals surface area contributed by atoms with Crippen LogP contribution < -0.4 is 10.6 Å². The van der Waals surface area contributed by atoms with E-state index >= 15 is 0 Å². The standard InChI is InChI=1S/C29H40F2N4O3/c1-19(2)18-35-27(38)33-26(37)28(35)16-22-8-9-23(17-28)34(22)15-12-24(20-6-4-3-5-7-20)32-25(36)21-10-13-29(30,31)14-11-21/h3-7,19,21-24H,8-18H2,1-2H3,(H,32,36)(H,33,37,38)/t22?,23?,24-,28?/m0/s1. The first-order valence-electron chi connectivity index (χ1n) is 14.2. The van der Waals surface area contributed by atoms with Crippen LogP contribution in [0.5, 0.6) is 0 Å². The molecule has 4 amide bonds. The molecule has 0 aromatic heterocycles. The van der Waals surface area contributed by atoms with E-state index in [0.29, 0.717) is 25.8 Å². The van der Waals surface area contributed by atoms with Gasteiger partial charge in [-0.15, -0.1) is 0 Å². The minimum absolute atomic E-state index is 0.139. The molecule has 208 valence electrons. The van der Waals surface area contributed by atoms with Gasteiger partial charge in [-0.2, -0.15) is 0 Å². The molecule has 4 aliphatic rings. The van der Waals surface area contributed by atoms with Gasteiger partial charge in [0.05, 0.1) is 6.04 Å². The van der Waals surface area contributed by atoms with E-state index in [1.54, 1.807) is 4.90 Å². The minimum Gasteiger partial charge on any atom is -0.349 e. The maximum absolute atomic E-state index is 13.6. The molecule has 1 aliphatic carbocycles. The fourth-order valence-corrected chi connectivity index (χ4v) is 7.19. The number of urea groups is 1. The van der Waals surface area contributed by atoms with Gasteiger partial charge in [0.2, 0.25) is 11.8 Å². The molecular formula is C29H40F2N4O3. The number of alkyl halides is 2. The number of carbonyl (C=O) groups is 3. The first-order valence-corrected chi connectivity index (χ1v) is 14.2. The third-order valence-corrected chi connectivity index (χ3v) is 9.15. The first-order chi connectivity index (χ1) is 18.1. The lowest BCUT2D eigenvalue weighted by Gasteiger charge is -2.47. The zero-order valence-electron chi connectivity index (χ0n) is 22.4. The largest absolute Gasteiger partial charge is 0.349 e. The molecule has 1 aromatic rings. The molecule has 9 heteroatoms. The Kier molecular flexibility index (Phi) is 7.50. The molecule has 4 fully saturated rings. The SMILES string of the molecule is CC(C)CN1C(=O)NC(=O)C12CC1CCC(C2)N1CC[C@H](NC(=O)C1CCC(F)(F)CC1)c1ccccc1. The molecule has 1 spiro atoms. The molecule has 1 saturated carbocycles. The van der Waals surface area contributed by atoms with Crippen LogP contribution in [0.15, 0.2) is 30.3 Å². The van der Waals surface area contributed by atoms with Crippen LogP contribution >= 0.6 is 0 Å². The average Bonchev–Trinajstić information content (AvgIpc) is 3.24.